The van der Waals surface area contributed by atoms with Gasteiger partial charge < -0.3 is 0 Å². The number of benzene rings is 2. The van der Waals surface area contributed by atoms with Crippen LogP contribution in [0.4, 0.5) is 5.69 Å². The van der Waals surface area contributed by atoms with Crippen LogP contribution in [0.25, 0.3) is 0 Å². The van der Waals surface area contributed by atoms with Crippen molar-refractivity contribution in [2.75, 3.05) is 5.01 Å². The van der Waals surface area contributed by atoms with Crippen molar-refractivity contribution in [1.82, 2.24) is 0 Å². The molecule has 1 aliphatic rings. The van der Waals surface area contributed by atoms with Crippen LogP contribution >= 0.6 is 0 Å². The van der Waals surface area contributed by atoms with Gasteiger partial charge in [0, 0.05) is 13.3 Å². The van der Waals surface area contributed by atoms with Crippen LogP contribution in [0.3, 0.4) is 0 Å². The van der Waals surface area contributed by atoms with Crippen molar-refractivity contribution < 1.29 is 4.79 Å². The molecule has 0 aromatic heterocycles. The minimum Gasteiger partial charge on any atom is -0.293 e. The third-order valence-electron chi connectivity index (χ3n) is 3.52. The molecule has 3 heteroatoms. The summed E-state index contributed by atoms with van der Waals surface area (Å²) in [5.74, 6) is 0.0457. The number of anilines is 1. The third kappa shape index (κ3) is 2.35. The van der Waals surface area contributed by atoms with Crippen LogP contribution < -0.4 is 5.01 Å². The predicted molar refractivity (Wildman–Crippen MR) is 80.8 cm³/mol. The van der Waals surface area contributed by atoms with Gasteiger partial charge in [0.1, 0.15) is 5.71 Å². The summed E-state index contributed by atoms with van der Waals surface area (Å²) < 4.78 is 0. The maximum atomic E-state index is 11.6. The van der Waals surface area contributed by atoms with Crippen molar-refractivity contribution in [2.24, 2.45) is 5.10 Å². The molecular weight excluding hydrogens is 248 g/mol. The van der Waals surface area contributed by atoms with Crippen molar-refractivity contribution in [3.05, 3.63) is 66.2 Å². The van der Waals surface area contributed by atoms with Gasteiger partial charge in [0.25, 0.3) is 0 Å². The third-order valence-corrected chi connectivity index (χ3v) is 3.52. The smallest absolute Gasteiger partial charge is 0.175 e. The normalized spacial score (nSPS) is 17.9. The highest BCUT2D eigenvalue weighted by Crippen LogP contribution is 2.34. The predicted octanol–water partition coefficient (Wildman–Crippen LogP) is 3.58. The fourth-order valence-electron chi connectivity index (χ4n) is 2.48. The number of carbonyl (C=O) groups is 1. The molecule has 1 aliphatic heterocycles. The van der Waals surface area contributed by atoms with Crippen LogP contribution in [0.1, 0.15) is 24.9 Å². The number of ketones is 1. The molecule has 3 rings (SSSR count). The van der Waals surface area contributed by atoms with E-state index < -0.39 is 0 Å². The van der Waals surface area contributed by atoms with E-state index in [9.17, 15) is 4.79 Å². The highest BCUT2D eigenvalue weighted by atomic mass is 16.1. The van der Waals surface area contributed by atoms with Gasteiger partial charge in [0.05, 0.1) is 11.7 Å². The van der Waals surface area contributed by atoms with E-state index in [1.54, 1.807) is 6.92 Å². The molecule has 0 spiro atoms. The molecule has 0 bridgehead atoms. The first-order valence-corrected chi connectivity index (χ1v) is 6.73. The molecule has 0 aliphatic carbocycles. The Morgan fingerprint density at radius 3 is 2.25 bits per heavy atom. The zero-order valence-electron chi connectivity index (χ0n) is 11.4. The first-order chi connectivity index (χ1) is 9.75. The van der Waals surface area contributed by atoms with Crippen molar-refractivity contribution in [1.29, 1.82) is 0 Å². The maximum Gasteiger partial charge on any atom is 0.175 e. The van der Waals surface area contributed by atoms with Gasteiger partial charge in [-0.2, -0.15) is 5.10 Å². The Kier molecular flexibility index (Phi) is 3.33. The van der Waals surface area contributed by atoms with Crippen LogP contribution in [0, 0.1) is 0 Å². The zero-order chi connectivity index (χ0) is 13.9. The molecule has 3 nitrogen and oxygen atoms in total. The monoisotopic (exact) mass is 264 g/mol. The van der Waals surface area contributed by atoms with Gasteiger partial charge in [-0.05, 0) is 17.7 Å². The average molecular weight is 264 g/mol. The average Bonchev–Trinajstić information content (AvgIpc) is 2.94. The quantitative estimate of drug-likeness (QED) is 0.848. The van der Waals surface area contributed by atoms with Crippen molar-refractivity contribution in [3.63, 3.8) is 0 Å². The van der Waals surface area contributed by atoms with Gasteiger partial charge in [-0.15, -0.1) is 0 Å². The van der Waals surface area contributed by atoms with E-state index in [-0.39, 0.29) is 11.8 Å². The summed E-state index contributed by atoms with van der Waals surface area (Å²) in [6.45, 7) is 1.58. The lowest BCUT2D eigenvalue weighted by Crippen LogP contribution is -2.18. The van der Waals surface area contributed by atoms with E-state index in [1.165, 1.54) is 5.56 Å². The molecule has 0 amide bonds. The molecular formula is C17H16N2O. The van der Waals surface area contributed by atoms with E-state index in [0.717, 1.165) is 5.69 Å². The largest absolute Gasteiger partial charge is 0.293 e. The summed E-state index contributed by atoms with van der Waals surface area (Å²) in [6, 6.07) is 20.3. The summed E-state index contributed by atoms with van der Waals surface area (Å²) >= 11 is 0. The van der Waals surface area contributed by atoms with Crippen LogP contribution in [0.2, 0.25) is 0 Å². The molecule has 0 radical (unpaired) electrons. The Hall–Kier alpha value is -2.42. The molecule has 0 saturated heterocycles. The standard InChI is InChI=1S/C17H16N2O/c1-13(20)16-12-17(14-8-4-2-5-9-14)19(18-16)15-10-6-3-7-11-15/h2-11,17H,12H2,1H3. The lowest BCUT2D eigenvalue weighted by molar-refractivity contribution is -0.111. The first kappa shape index (κ1) is 12.6. The summed E-state index contributed by atoms with van der Waals surface area (Å²) in [7, 11) is 0. The fourth-order valence-corrected chi connectivity index (χ4v) is 2.48. The molecule has 0 fully saturated rings. The first-order valence-electron chi connectivity index (χ1n) is 6.73. The minimum absolute atomic E-state index is 0.0457. The Morgan fingerprint density at radius 2 is 1.65 bits per heavy atom. The van der Waals surface area contributed by atoms with Gasteiger partial charge in [-0.25, -0.2) is 0 Å². The van der Waals surface area contributed by atoms with Gasteiger partial charge in [-0.1, -0.05) is 48.5 Å². The molecule has 1 heterocycles. The van der Waals surface area contributed by atoms with E-state index in [2.05, 4.69) is 17.2 Å². The summed E-state index contributed by atoms with van der Waals surface area (Å²) in [5.41, 5.74) is 2.83. The van der Waals surface area contributed by atoms with Crippen molar-refractivity contribution in [3.8, 4) is 0 Å². The summed E-state index contributed by atoms with van der Waals surface area (Å²) in [4.78, 5) is 11.6. The molecule has 0 N–H and O–H groups in total. The van der Waals surface area contributed by atoms with Crippen LogP contribution in [-0.4, -0.2) is 11.5 Å². The number of rotatable bonds is 3. The molecule has 2 aromatic rings. The topological polar surface area (TPSA) is 32.7 Å². The second kappa shape index (κ2) is 5.29. The van der Waals surface area contributed by atoms with E-state index >= 15 is 0 Å². The molecule has 0 saturated carbocycles. The van der Waals surface area contributed by atoms with Crippen LogP contribution in [0.5, 0.6) is 0 Å². The van der Waals surface area contributed by atoms with Crippen molar-refractivity contribution in [2.45, 2.75) is 19.4 Å². The zero-order valence-corrected chi connectivity index (χ0v) is 11.4. The Bertz CT molecular complexity index is 635. The van der Waals surface area contributed by atoms with Gasteiger partial charge in [0.15, 0.2) is 5.78 Å². The number of hydrazone groups is 1. The van der Waals surface area contributed by atoms with E-state index in [1.807, 2.05) is 53.5 Å². The lowest BCUT2D eigenvalue weighted by atomic mass is 10.0. The van der Waals surface area contributed by atoms with Gasteiger partial charge >= 0.3 is 0 Å². The summed E-state index contributed by atoms with van der Waals surface area (Å²) in [5, 5.41) is 6.47. The van der Waals surface area contributed by atoms with Crippen LogP contribution in [0.15, 0.2) is 65.8 Å². The molecule has 20 heavy (non-hydrogen) atoms. The minimum atomic E-state index is 0.0457. The number of Topliss-reactive ketones (excluding diaryl/α,β-unsaturated/α-hetero) is 1. The number of carbonyl (C=O) groups excluding carboxylic acids is 1. The molecule has 1 unspecified atom stereocenters. The SMILES string of the molecule is CC(=O)C1=NN(c2ccccc2)C(c2ccccc2)C1. The Balaban J connectivity index is 2.00. The van der Waals surface area contributed by atoms with Crippen molar-refractivity contribution >= 4 is 17.2 Å². The highest BCUT2D eigenvalue weighted by Gasteiger charge is 2.30. The fraction of sp³-hybridized carbons (Fsp3) is 0.176. The van der Waals surface area contributed by atoms with E-state index in [0.29, 0.717) is 12.1 Å². The van der Waals surface area contributed by atoms with E-state index in [4.69, 9.17) is 0 Å². The van der Waals surface area contributed by atoms with Crippen LogP contribution in [-0.2, 0) is 4.79 Å². The number of para-hydroxylation sites is 1. The number of hydrogen-bond donors (Lipinski definition) is 0. The van der Waals surface area contributed by atoms with Gasteiger partial charge in [-0.3, -0.25) is 9.80 Å². The highest BCUT2D eigenvalue weighted by molar-refractivity contribution is 6.39. The second-order valence-corrected chi connectivity index (χ2v) is 4.91. The number of nitrogens with zero attached hydrogens (tertiary/aromatic N) is 2. The van der Waals surface area contributed by atoms with Gasteiger partial charge in [0.2, 0.25) is 0 Å². The Morgan fingerprint density at radius 1 is 1.05 bits per heavy atom. The number of hydrogen-bond acceptors (Lipinski definition) is 3. The maximum absolute atomic E-state index is 11.6. The molecule has 1 atom stereocenters. The second-order valence-electron chi connectivity index (χ2n) is 4.91. The molecule has 100 valence electrons. The lowest BCUT2D eigenvalue weighted by Gasteiger charge is -2.23. The Labute approximate surface area is 118 Å². The summed E-state index contributed by atoms with van der Waals surface area (Å²) in [6.07, 6.45) is 0.661. The molecule has 2 aromatic carbocycles.